The average molecular weight is 356 g/mol. The zero-order chi connectivity index (χ0) is 18.8. The van der Waals surface area contributed by atoms with Gasteiger partial charge in [-0.05, 0) is 44.2 Å². The Bertz CT molecular complexity index is 760. The van der Waals surface area contributed by atoms with Gasteiger partial charge in [0.1, 0.15) is 22.8 Å². The average Bonchev–Trinajstić information content (AvgIpc) is 2.61. The van der Waals surface area contributed by atoms with Crippen molar-refractivity contribution >= 4 is 5.97 Å². The van der Waals surface area contributed by atoms with Gasteiger partial charge in [0.05, 0.1) is 7.11 Å². The molecule has 0 saturated carbocycles. The lowest BCUT2D eigenvalue weighted by Gasteiger charge is -2.37. The standard InChI is InChI=1S/C22H28O4/c1-5-6-7-8-15-12-18-20(21(23)19(15)22(24)25-4)17-11-13(2)9-10-16(17)14(3)26-18/h11-12,16-17,23H,3,5-10H2,1-2,4H3/t16-,17?/m0/s1. The number of phenols is 1. The van der Waals surface area contributed by atoms with Crippen molar-refractivity contribution < 1.29 is 19.4 Å². The molecule has 0 fully saturated rings. The fourth-order valence-corrected chi connectivity index (χ4v) is 4.14. The molecule has 2 atom stereocenters. The minimum Gasteiger partial charge on any atom is -0.507 e. The van der Waals surface area contributed by atoms with Crippen molar-refractivity contribution in [3.05, 3.63) is 46.7 Å². The van der Waals surface area contributed by atoms with Gasteiger partial charge in [-0.15, -0.1) is 0 Å². The van der Waals surface area contributed by atoms with E-state index in [0.29, 0.717) is 17.7 Å². The predicted octanol–water partition coefficient (Wildman–Crippen LogP) is 5.26. The lowest BCUT2D eigenvalue weighted by molar-refractivity contribution is 0.0595. The summed E-state index contributed by atoms with van der Waals surface area (Å²) in [6, 6.07) is 1.90. The predicted molar refractivity (Wildman–Crippen MR) is 102 cm³/mol. The number of phenolic OH excluding ortho intramolecular Hbond substituents is 1. The molecule has 0 spiro atoms. The normalized spacial score (nSPS) is 21.3. The second-order valence-electron chi connectivity index (χ2n) is 7.37. The first-order valence-electron chi connectivity index (χ1n) is 9.48. The number of rotatable bonds is 5. The van der Waals surface area contributed by atoms with Crippen LogP contribution in [0.1, 0.15) is 73.4 Å². The minimum absolute atomic E-state index is 0.00639. The molecule has 0 radical (unpaired) electrons. The second-order valence-corrected chi connectivity index (χ2v) is 7.37. The van der Waals surface area contributed by atoms with Crippen LogP contribution in [0.4, 0.5) is 0 Å². The highest BCUT2D eigenvalue weighted by atomic mass is 16.5. The Morgan fingerprint density at radius 2 is 2.19 bits per heavy atom. The van der Waals surface area contributed by atoms with Crippen molar-refractivity contribution in [3.63, 3.8) is 0 Å². The van der Waals surface area contributed by atoms with E-state index in [9.17, 15) is 9.90 Å². The number of esters is 1. The molecule has 26 heavy (non-hydrogen) atoms. The van der Waals surface area contributed by atoms with Crippen LogP contribution in [0, 0.1) is 5.92 Å². The molecule has 1 aliphatic carbocycles. The quantitative estimate of drug-likeness (QED) is 0.444. The van der Waals surface area contributed by atoms with Crippen molar-refractivity contribution in [1.82, 2.24) is 0 Å². The van der Waals surface area contributed by atoms with Crippen LogP contribution in [0.2, 0.25) is 0 Å². The van der Waals surface area contributed by atoms with Gasteiger partial charge in [-0.1, -0.05) is 38.0 Å². The summed E-state index contributed by atoms with van der Waals surface area (Å²) < 4.78 is 11.0. The number of hydrogen-bond acceptors (Lipinski definition) is 4. The molecule has 2 aliphatic rings. The molecular weight excluding hydrogens is 328 g/mol. The van der Waals surface area contributed by atoms with Gasteiger partial charge < -0.3 is 14.6 Å². The largest absolute Gasteiger partial charge is 0.507 e. The van der Waals surface area contributed by atoms with E-state index in [1.165, 1.54) is 12.7 Å². The number of allylic oxidation sites excluding steroid dienone is 3. The Hall–Kier alpha value is -2.23. The fraction of sp³-hybridized carbons (Fsp3) is 0.500. The molecule has 0 bridgehead atoms. The highest BCUT2D eigenvalue weighted by Gasteiger charge is 2.39. The molecular formula is C22H28O4. The van der Waals surface area contributed by atoms with Crippen molar-refractivity contribution in [1.29, 1.82) is 0 Å². The molecule has 0 aromatic heterocycles. The van der Waals surface area contributed by atoms with Crippen LogP contribution in [-0.4, -0.2) is 18.2 Å². The molecule has 0 amide bonds. The van der Waals surface area contributed by atoms with Crippen LogP contribution in [0.5, 0.6) is 11.5 Å². The highest BCUT2D eigenvalue weighted by Crippen LogP contribution is 2.52. The molecule has 4 heteroatoms. The van der Waals surface area contributed by atoms with E-state index in [1.807, 2.05) is 6.07 Å². The summed E-state index contributed by atoms with van der Waals surface area (Å²) in [5.41, 5.74) is 3.05. The fourth-order valence-electron chi connectivity index (χ4n) is 4.14. The van der Waals surface area contributed by atoms with Gasteiger partial charge in [0.25, 0.3) is 0 Å². The van der Waals surface area contributed by atoms with Gasteiger partial charge in [-0.25, -0.2) is 4.79 Å². The first kappa shape index (κ1) is 18.6. The van der Waals surface area contributed by atoms with Gasteiger partial charge in [0.2, 0.25) is 0 Å². The first-order valence-corrected chi connectivity index (χ1v) is 9.48. The van der Waals surface area contributed by atoms with Crippen LogP contribution < -0.4 is 4.74 Å². The Morgan fingerprint density at radius 1 is 1.42 bits per heavy atom. The van der Waals surface area contributed by atoms with Crippen LogP contribution >= 0.6 is 0 Å². The molecule has 1 aromatic rings. The number of unbranched alkanes of at least 4 members (excludes halogenated alkanes) is 2. The SMILES string of the molecule is C=C1Oc2cc(CCCCC)c(C(=O)OC)c(O)c2C2C=C(C)CC[C@@H]12. The Balaban J connectivity index is 2.14. The van der Waals surface area contributed by atoms with Crippen molar-refractivity contribution in [2.45, 2.75) is 58.3 Å². The van der Waals surface area contributed by atoms with Crippen LogP contribution in [0.3, 0.4) is 0 Å². The van der Waals surface area contributed by atoms with Gasteiger partial charge in [0, 0.05) is 17.4 Å². The topological polar surface area (TPSA) is 55.8 Å². The summed E-state index contributed by atoms with van der Waals surface area (Å²) in [7, 11) is 1.35. The maximum atomic E-state index is 12.4. The summed E-state index contributed by atoms with van der Waals surface area (Å²) in [5.74, 6) is 1.01. The van der Waals surface area contributed by atoms with Crippen LogP contribution in [-0.2, 0) is 11.2 Å². The number of ether oxygens (including phenoxy) is 2. The smallest absolute Gasteiger partial charge is 0.341 e. The Morgan fingerprint density at radius 3 is 2.88 bits per heavy atom. The zero-order valence-electron chi connectivity index (χ0n) is 15.9. The number of fused-ring (bicyclic) bond motifs is 3. The van der Waals surface area contributed by atoms with Gasteiger partial charge >= 0.3 is 5.97 Å². The maximum Gasteiger partial charge on any atom is 0.341 e. The molecule has 1 aromatic carbocycles. The third kappa shape index (κ3) is 3.25. The monoisotopic (exact) mass is 356 g/mol. The number of benzene rings is 1. The number of methoxy groups -OCH3 is 1. The molecule has 140 valence electrons. The summed E-state index contributed by atoms with van der Waals surface area (Å²) in [6.45, 7) is 8.34. The summed E-state index contributed by atoms with van der Waals surface area (Å²) >= 11 is 0. The van der Waals surface area contributed by atoms with E-state index in [1.54, 1.807) is 0 Å². The van der Waals surface area contributed by atoms with E-state index in [-0.39, 0.29) is 23.1 Å². The van der Waals surface area contributed by atoms with E-state index in [4.69, 9.17) is 9.47 Å². The molecule has 1 unspecified atom stereocenters. The Labute approximate surface area is 155 Å². The lowest BCUT2D eigenvalue weighted by atomic mass is 9.73. The zero-order valence-corrected chi connectivity index (χ0v) is 15.9. The van der Waals surface area contributed by atoms with Crippen molar-refractivity contribution in [2.24, 2.45) is 5.92 Å². The van der Waals surface area contributed by atoms with E-state index in [0.717, 1.165) is 43.4 Å². The van der Waals surface area contributed by atoms with Gasteiger partial charge in [-0.3, -0.25) is 0 Å². The van der Waals surface area contributed by atoms with Crippen LogP contribution in [0.15, 0.2) is 30.1 Å². The molecule has 4 nitrogen and oxygen atoms in total. The summed E-state index contributed by atoms with van der Waals surface area (Å²) in [5, 5.41) is 11.0. The first-order chi connectivity index (χ1) is 12.5. The number of aromatic hydroxyl groups is 1. The molecule has 1 aliphatic heterocycles. The summed E-state index contributed by atoms with van der Waals surface area (Å²) in [4.78, 5) is 12.4. The lowest BCUT2D eigenvalue weighted by Crippen LogP contribution is -2.26. The van der Waals surface area contributed by atoms with E-state index < -0.39 is 5.97 Å². The number of aryl methyl sites for hydroxylation is 1. The molecule has 1 N–H and O–H groups in total. The second kappa shape index (κ2) is 7.56. The molecule has 3 rings (SSSR count). The third-order valence-electron chi connectivity index (χ3n) is 5.56. The van der Waals surface area contributed by atoms with Gasteiger partial charge in [0.15, 0.2) is 0 Å². The summed E-state index contributed by atoms with van der Waals surface area (Å²) in [6.07, 6.45) is 7.93. The van der Waals surface area contributed by atoms with E-state index >= 15 is 0 Å². The number of hydrogen-bond donors (Lipinski definition) is 1. The number of carbonyl (C=O) groups excluding carboxylic acids is 1. The van der Waals surface area contributed by atoms with Gasteiger partial charge in [-0.2, -0.15) is 0 Å². The molecule has 0 saturated heterocycles. The van der Waals surface area contributed by atoms with Crippen LogP contribution in [0.25, 0.3) is 0 Å². The van der Waals surface area contributed by atoms with E-state index in [2.05, 4.69) is 26.5 Å². The third-order valence-corrected chi connectivity index (χ3v) is 5.56. The minimum atomic E-state index is -0.491. The van der Waals surface area contributed by atoms with Crippen molar-refractivity contribution in [3.8, 4) is 11.5 Å². The number of carbonyl (C=O) groups is 1. The molecule has 1 heterocycles. The Kier molecular flexibility index (Phi) is 5.40. The highest BCUT2D eigenvalue weighted by molar-refractivity contribution is 5.95. The van der Waals surface area contributed by atoms with Crippen molar-refractivity contribution in [2.75, 3.05) is 7.11 Å². The maximum absolute atomic E-state index is 12.4.